The van der Waals surface area contributed by atoms with Crippen LogP contribution in [0.1, 0.15) is 49.4 Å². The maximum atomic E-state index is 13.5. The Kier molecular flexibility index (Phi) is 6.79. The molecule has 2 amide bonds. The number of aromatic nitrogens is 3. The summed E-state index contributed by atoms with van der Waals surface area (Å²) in [5.41, 5.74) is 0.459. The Bertz CT molecular complexity index is 1010. The van der Waals surface area contributed by atoms with E-state index in [1.165, 1.54) is 10.3 Å². The number of anilines is 1. The molecule has 0 spiro atoms. The van der Waals surface area contributed by atoms with E-state index in [1.807, 2.05) is 20.8 Å². The lowest BCUT2D eigenvalue weighted by Crippen LogP contribution is -2.50. The van der Waals surface area contributed by atoms with Crippen LogP contribution >= 0.6 is 23.1 Å². The van der Waals surface area contributed by atoms with Crippen LogP contribution in [0, 0.1) is 0 Å². The summed E-state index contributed by atoms with van der Waals surface area (Å²) in [6.45, 7) is 5.83. The van der Waals surface area contributed by atoms with Gasteiger partial charge in [0.15, 0.2) is 11.7 Å². The van der Waals surface area contributed by atoms with E-state index in [0.29, 0.717) is 22.8 Å². The fraction of sp³-hybridized carbons (Fsp3) is 0.286. The Morgan fingerprint density at radius 3 is 2.53 bits per heavy atom. The van der Waals surface area contributed by atoms with Gasteiger partial charge in [0.25, 0.3) is 5.91 Å². The molecule has 0 radical (unpaired) electrons. The van der Waals surface area contributed by atoms with Crippen molar-refractivity contribution in [2.75, 3.05) is 4.90 Å². The summed E-state index contributed by atoms with van der Waals surface area (Å²) < 4.78 is 3.79. The lowest BCUT2D eigenvalue weighted by molar-refractivity contribution is -0.124. The highest BCUT2D eigenvalue weighted by atomic mass is 35.5. The van der Waals surface area contributed by atoms with E-state index in [0.717, 1.165) is 11.5 Å². The summed E-state index contributed by atoms with van der Waals surface area (Å²) >= 11 is 7.50. The van der Waals surface area contributed by atoms with Gasteiger partial charge in [0.2, 0.25) is 5.91 Å². The normalized spacial score (nSPS) is 12.3. The standard InChI is InChI=1S/C21H22ClN5O2S/c1-4-21(2,3)24-19(28)18(15-10-7-8-12-23-15)27(17-11-6-5-9-14(17)22)20(29)16-13-30-26-25-16/h5-13,18H,4H2,1-3H3,(H,24,28). The van der Waals surface area contributed by atoms with Crippen LogP contribution in [-0.4, -0.2) is 31.9 Å². The molecule has 0 aliphatic heterocycles. The van der Waals surface area contributed by atoms with Crippen LogP contribution in [0.2, 0.25) is 5.02 Å². The Balaban J connectivity index is 2.17. The van der Waals surface area contributed by atoms with Crippen molar-refractivity contribution in [3.05, 3.63) is 70.5 Å². The first-order chi connectivity index (χ1) is 14.3. The summed E-state index contributed by atoms with van der Waals surface area (Å²) in [4.78, 5) is 32.7. The van der Waals surface area contributed by atoms with E-state index >= 15 is 0 Å². The number of benzene rings is 1. The topological polar surface area (TPSA) is 88.1 Å². The first kappa shape index (κ1) is 21.9. The van der Waals surface area contributed by atoms with Crippen LogP contribution in [0.3, 0.4) is 0 Å². The minimum atomic E-state index is -1.05. The zero-order chi connectivity index (χ0) is 21.7. The molecule has 2 aromatic heterocycles. The number of rotatable bonds is 7. The van der Waals surface area contributed by atoms with Crippen molar-refractivity contribution in [1.82, 2.24) is 19.9 Å². The second-order valence-corrected chi connectivity index (χ2v) is 8.32. The van der Waals surface area contributed by atoms with E-state index in [-0.39, 0.29) is 11.6 Å². The fourth-order valence-corrected chi connectivity index (χ4v) is 3.46. The molecule has 3 aromatic rings. The van der Waals surface area contributed by atoms with Gasteiger partial charge in [-0.3, -0.25) is 19.5 Å². The lowest BCUT2D eigenvalue weighted by atomic mass is 10.00. The van der Waals surface area contributed by atoms with Crippen molar-refractivity contribution >= 4 is 40.6 Å². The number of hydrogen-bond acceptors (Lipinski definition) is 6. The first-order valence-corrected chi connectivity index (χ1v) is 10.6. The van der Waals surface area contributed by atoms with Crippen molar-refractivity contribution < 1.29 is 9.59 Å². The maximum absolute atomic E-state index is 13.5. The highest BCUT2D eigenvalue weighted by Crippen LogP contribution is 2.34. The summed E-state index contributed by atoms with van der Waals surface area (Å²) in [6.07, 6.45) is 2.30. The van der Waals surface area contributed by atoms with Crippen molar-refractivity contribution in [2.45, 2.75) is 38.8 Å². The van der Waals surface area contributed by atoms with Crippen LogP contribution in [0.15, 0.2) is 54.0 Å². The molecule has 1 unspecified atom stereocenters. The van der Waals surface area contributed by atoms with Crippen molar-refractivity contribution in [3.8, 4) is 0 Å². The van der Waals surface area contributed by atoms with E-state index in [1.54, 1.807) is 48.7 Å². The zero-order valence-electron chi connectivity index (χ0n) is 16.9. The van der Waals surface area contributed by atoms with Crippen LogP contribution in [-0.2, 0) is 4.79 Å². The number of pyridine rings is 1. The summed E-state index contributed by atoms with van der Waals surface area (Å²) in [5, 5.41) is 8.79. The number of halogens is 1. The summed E-state index contributed by atoms with van der Waals surface area (Å²) in [5.74, 6) is -0.853. The molecule has 0 saturated heterocycles. The number of carbonyl (C=O) groups excluding carboxylic acids is 2. The Morgan fingerprint density at radius 2 is 1.93 bits per heavy atom. The predicted octanol–water partition coefficient (Wildman–Crippen LogP) is 4.28. The Hall–Kier alpha value is -2.84. The minimum absolute atomic E-state index is 0.128. The van der Waals surface area contributed by atoms with Gasteiger partial charge in [0.1, 0.15) is 0 Å². The molecule has 0 saturated carbocycles. The first-order valence-electron chi connectivity index (χ1n) is 9.42. The molecule has 7 nitrogen and oxygen atoms in total. The molecule has 0 fully saturated rings. The molecule has 0 bridgehead atoms. The number of carbonyl (C=O) groups is 2. The van der Waals surface area contributed by atoms with Gasteiger partial charge in [-0.25, -0.2) is 0 Å². The number of hydrogen-bond donors (Lipinski definition) is 1. The third-order valence-corrected chi connectivity index (χ3v) is 5.55. The molecule has 0 aliphatic carbocycles. The average molecular weight is 444 g/mol. The van der Waals surface area contributed by atoms with Crippen molar-refractivity contribution in [3.63, 3.8) is 0 Å². The fourth-order valence-electron chi connectivity index (χ4n) is 2.81. The molecule has 1 N–H and O–H groups in total. The third kappa shape index (κ3) is 4.83. The van der Waals surface area contributed by atoms with Gasteiger partial charge in [-0.1, -0.05) is 41.2 Å². The number of nitrogens with zero attached hydrogens (tertiary/aromatic N) is 4. The van der Waals surface area contributed by atoms with E-state index < -0.39 is 17.5 Å². The molecular weight excluding hydrogens is 422 g/mol. The van der Waals surface area contributed by atoms with Crippen molar-refractivity contribution in [1.29, 1.82) is 0 Å². The van der Waals surface area contributed by atoms with Gasteiger partial charge in [-0.15, -0.1) is 5.10 Å². The second-order valence-electron chi connectivity index (χ2n) is 7.30. The molecule has 30 heavy (non-hydrogen) atoms. The molecular formula is C21H22ClN5O2S. The smallest absolute Gasteiger partial charge is 0.280 e. The lowest BCUT2D eigenvalue weighted by Gasteiger charge is -2.34. The highest BCUT2D eigenvalue weighted by molar-refractivity contribution is 7.03. The molecule has 2 heterocycles. The van der Waals surface area contributed by atoms with Gasteiger partial charge in [0, 0.05) is 17.1 Å². The molecule has 0 aliphatic rings. The number of para-hydroxylation sites is 1. The average Bonchev–Trinajstić information content (AvgIpc) is 3.27. The van der Waals surface area contributed by atoms with Gasteiger partial charge in [-0.05, 0) is 56.1 Å². The quantitative estimate of drug-likeness (QED) is 0.588. The van der Waals surface area contributed by atoms with E-state index in [9.17, 15) is 9.59 Å². The number of nitrogens with one attached hydrogen (secondary N) is 1. The molecule has 1 atom stereocenters. The van der Waals surface area contributed by atoms with Crippen LogP contribution in [0.5, 0.6) is 0 Å². The highest BCUT2D eigenvalue weighted by Gasteiger charge is 2.37. The molecule has 1 aromatic carbocycles. The van der Waals surface area contributed by atoms with Crippen LogP contribution in [0.4, 0.5) is 5.69 Å². The third-order valence-electron chi connectivity index (χ3n) is 4.73. The molecule has 3 rings (SSSR count). The Labute approximate surface area is 184 Å². The van der Waals surface area contributed by atoms with Crippen molar-refractivity contribution in [2.24, 2.45) is 0 Å². The minimum Gasteiger partial charge on any atom is -0.349 e. The summed E-state index contributed by atoms with van der Waals surface area (Å²) in [7, 11) is 0. The van der Waals surface area contributed by atoms with E-state index in [4.69, 9.17) is 11.6 Å². The number of amides is 2. The maximum Gasteiger partial charge on any atom is 0.280 e. The van der Waals surface area contributed by atoms with Gasteiger partial charge >= 0.3 is 0 Å². The summed E-state index contributed by atoms with van der Waals surface area (Å²) in [6, 6.07) is 11.0. The SMILES string of the molecule is CCC(C)(C)NC(=O)C(c1ccccn1)N(C(=O)c1csnn1)c1ccccc1Cl. The second kappa shape index (κ2) is 9.32. The van der Waals surface area contributed by atoms with Gasteiger partial charge < -0.3 is 5.32 Å². The monoisotopic (exact) mass is 443 g/mol. The largest absolute Gasteiger partial charge is 0.349 e. The van der Waals surface area contributed by atoms with Crippen LogP contribution in [0.25, 0.3) is 0 Å². The molecule has 156 valence electrons. The predicted molar refractivity (Wildman–Crippen MR) is 118 cm³/mol. The van der Waals surface area contributed by atoms with E-state index in [2.05, 4.69) is 19.9 Å². The van der Waals surface area contributed by atoms with Crippen LogP contribution < -0.4 is 10.2 Å². The zero-order valence-corrected chi connectivity index (χ0v) is 18.4. The molecule has 9 heteroatoms. The van der Waals surface area contributed by atoms with Gasteiger partial charge in [-0.2, -0.15) is 0 Å². The Morgan fingerprint density at radius 1 is 1.20 bits per heavy atom. The van der Waals surface area contributed by atoms with Gasteiger partial charge in [0.05, 0.1) is 16.4 Å².